The second-order valence-electron chi connectivity index (χ2n) is 7.33. The summed E-state index contributed by atoms with van der Waals surface area (Å²) < 4.78 is 5.52. The van der Waals surface area contributed by atoms with E-state index >= 15 is 0 Å². The fraction of sp³-hybridized carbons (Fsp3) is 0.824. The quantitative estimate of drug-likeness (QED) is 0.491. The van der Waals surface area contributed by atoms with E-state index in [0.29, 0.717) is 11.8 Å². The molecule has 2 bridgehead atoms. The maximum Gasteiger partial charge on any atom is 0.529 e. The highest BCUT2D eigenvalue weighted by Gasteiger charge is 2.41. The zero-order chi connectivity index (χ0) is 15.6. The van der Waals surface area contributed by atoms with E-state index in [1.54, 1.807) is 0 Å². The van der Waals surface area contributed by atoms with Gasteiger partial charge >= 0.3 is 6.16 Å². The van der Waals surface area contributed by atoms with Crippen molar-refractivity contribution in [1.29, 1.82) is 0 Å². The second kappa shape index (κ2) is 6.59. The lowest BCUT2D eigenvalue weighted by molar-refractivity contribution is -0.127. The van der Waals surface area contributed by atoms with Crippen LogP contribution in [0.15, 0.2) is 12.7 Å². The third-order valence-electron chi connectivity index (χ3n) is 5.62. The van der Waals surface area contributed by atoms with Gasteiger partial charge < -0.3 is 9.57 Å². The molecule has 4 fully saturated rings. The Kier molecular flexibility index (Phi) is 4.73. The average Bonchev–Trinajstić information content (AvgIpc) is 2.54. The van der Waals surface area contributed by atoms with Crippen LogP contribution in [-0.4, -0.2) is 35.9 Å². The summed E-state index contributed by atoms with van der Waals surface area (Å²) in [6.45, 7) is 7.96. The number of fused-ring (bicyclic) bond motifs is 3. The summed E-state index contributed by atoms with van der Waals surface area (Å²) in [5, 5.41) is 0. The number of carbonyl (C=O) groups is 1. The molecule has 0 aromatic rings. The van der Waals surface area contributed by atoms with Crippen LogP contribution in [0, 0.1) is 11.8 Å². The SMILES string of the molecule is C=C[C@H]1C[N@]2CC[C@H]1C[C@@H]2OC(=O)ONC1(C)CCCCC1. The van der Waals surface area contributed by atoms with Crippen molar-refractivity contribution in [3.05, 3.63) is 12.7 Å². The summed E-state index contributed by atoms with van der Waals surface area (Å²) in [5.41, 5.74) is 2.84. The molecule has 4 rings (SSSR count). The van der Waals surface area contributed by atoms with Crippen molar-refractivity contribution in [2.45, 2.75) is 63.6 Å². The molecule has 0 amide bonds. The molecule has 5 heteroatoms. The third-order valence-corrected chi connectivity index (χ3v) is 5.62. The van der Waals surface area contributed by atoms with Crippen LogP contribution in [-0.2, 0) is 9.57 Å². The predicted molar refractivity (Wildman–Crippen MR) is 84.0 cm³/mol. The van der Waals surface area contributed by atoms with E-state index < -0.39 is 6.16 Å². The van der Waals surface area contributed by atoms with Gasteiger partial charge in [-0.3, -0.25) is 4.90 Å². The minimum absolute atomic E-state index is 0.100. The maximum absolute atomic E-state index is 12.0. The topological polar surface area (TPSA) is 50.8 Å². The fourth-order valence-corrected chi connectivity index (χ4v) is 4.14. The number of carbonyl (C=O) groups excluding carboxylic acids is 1. The van der Waals surface area contributed by atoms with Crippen molar-refractivity contribution in [2.24, 2.45) is 11.8 Å². The first kappa shape index (κ1) is 15.8. The van der Waals surface area contributed by atoms with Crippen molar-refractivity contribution in [2.75, 3.05) is 13.1 Å². The van der Waals surface area contributed by atoms with Crippen LogP contribution in [0.4, 0.5) is 4.79 Å². The van der Waals surface area contributed by atoms with Crippen molar-refractivity contribution < 1.29 is 14.4 Å². The van der Waals surface area contributed by atoms with Gasteiger partial charge in [0.15, 0.2) is 6.23 Å². The maximum atomic E-state index is 12.0. The van der Waals surface area contributed by atoms with Gasteiger partial charge in [-0.05, 0) is 38.0 Å². The largest absolute Gasteiger partial charge is 0.529 e. The van der Waals surface area contributed by atoms with E-state index in [2.05, 4.69) is 23.9 Å². The Hall–Kier alpha value is -1.07. The molecule has 1 aliphatic carbocycles. The zero-order valence-corrected chi connectivity index (χ0v) is 13.6. The molecule has 4 atom stereocenters. The highest BCUT2D eigenvalue weighted by atomic mass is 16.8. The number of hydrogen-bond donors (Lipinski definition) is 1. The predicted octanol–water partition coefficient (Wildman–Crippen LogP) is 3.22. The Bertz CT molecular complexity index is 420. The molecule has 22 heavy (non-hydrogen) atoms. The minimum atomic E-state index is -0.598. The molecule has 3 heterocycles. The van der Waals surface area contributed by atoms with E-state index in [1.807, 2.05) is 6.08 Å². The normalized spacial score (nSPS) is 36.6. The Morgan fingerprint density at radius 2 is 2.14 bits per heavy atom. The first-order chi connectivity index (χ1) is 10.6. The van der Waals surface area contributed by atoms with Gasteiger partial charge in [0.2, 0.25) is 0 Å². The van der Waals surface area contributed by atoms with E-state index in [9.17, 15) is 4.79 Å². The van der Waals surface area contributed by atoms with Crippen LogP contribution in [0.5, 0.6) is 0 Å². The van der Waals surface area contributed by atoms with Crippen molar-refractivity contribution in [1.82, 2.24) is 10.4 Å². The van der Waals surface area contributed by atoms with Crippen molar-refractivity contribution in [3.63, 3.8) is 0 Å². The Balaban J connectivity index is 1.45. The average molecular weight is 308 g/mol. The lowest BCUT2D eigenvalue weighted by atomic mass is 9.78. The van der Waals surface area contributed by atoms with E-state index in [1.165, 1.54) is 25.7 Å². The zero-order valence-electron chi connectivity index (χ0n) is 13.6. The highest BCUT2D eigenvalue weighted by molar-refractivity contribution is 5.59. The lowest BCUT2D eigenvalue weighted by Gasteiger charge is -2.47. The Labute approximate surface area is 133 Å². The first-order valence-corrected chi connectivity index (χ1v) is 8.61. The van der Waals surface area contributed by atoms with Crippen LogP contribution >= 0.6 is 0 Å². The Morgan fingerprint density at radius 1 is 1.36 bits per heavy atom. The number of hydroxylamine groups is 1. The summed E-state index contributed by atoms with van der Waals surface area (Å²) in [6.07, 6.45) is 9.08. The van der Waals surface area contributed by atoms with Crippen LogP contribution in [0.3, 0.4) is 0 Å². The molecule has 124 valence electrons. The highest BCUT2D eigenvalue weighted by Crippen LogP contribution is 2.37. The molecular formula is C17H28N2O3. The molecular weight excluding hydrogens is 280 g/mol. The molecule has 0 spiro atoms. The van der Waals surface area contributed by atoms with Crippen LogP contribution < -0.4 is 5.48 Å². The van der Waals surface area contributed by atoms with Crippen molar-refractivity contribution >= 4 is 6.16 Å². The molecule has 0 radical (unpaired) electrons. The molecule has 3 aliphatic heterocycles. The molecule has 0 unspecified atom stereocenters. The van der Waals surface area contributed by atoms with E-state index in [-0.39, 0.29) is 11.8 Å². The second-order valence-corrected chi connectivity index (χ2v) is 7.33. The monoisotopic (exact) mass is 308 g/mol. The summed E-state index contributed by atoms with van der Waals surface area (Å²) in [7, 11) is 0. The number of piperidine rings is 3. The molecule has 1 saturated carbocycles. The number of ether oxygens (including phenoxy) is 1. The molecule has 5 nitrogen and oxygen atoms in total. The van der Waals surface area contributed by atoms with Gasteiger partial charge in [-0.1, -0.05) is 25.3 Å². The molecule has 0 aromatic heterocycles. The Morgan fingerprint density at radius 3 is 2.77 bits per heavy atom. The van der Waals surface area contributed by atoms with E-state index in [4.69, 9.17) is 9.57 Å². The number of hydrogen-bond acceptors (Lipinski definition) is 5. The van der Waals surface area contributed by atoms with Gasteiger partial charge in [0, 0.05) is 19.5 Å². The molecule has 0 aromatic carbocycles. The van der Waals surface area contributed by atoms with Gasteiger partial charge in [0.25, 0.3) is 0 Å². The van der Waals surface area contributed by atoms with Gasteiger partial charge in [0.05, 0.1) is 5.54 Å². The summed E-state index contributed by atoms with van der Waals surface area (Å²) >= 11 is 0. The van der Waals surface area contributed by atoms with Gasteiger partial charge in [-0.15, -0.1) is 12.1 Å². The fourth-order valence-electron chi connectivity index (χ4n) is 4.14. The summed E-state index contributed by atoms with van der Waals surface area (Å²) in [6, 6.07) is 0. The van der Waals surface area contributed by atoms with E-state index in [0.717, 1.165) is 32.4 Å². The van der Waals surface area contributed by atoms with Gasteiger partial charge in [0.1, 0.15) is 0 Å². The summed E-state index contributed by atoms with van der Waals surface area (Å²) in [4.78, 5) is 19.4. The van der Waals surface area contributed by atoms with Gasteiger partial charge in [-0.2, -0.15) is 0 Å². The molecule has 3 saturated heterocycles. The van der Waals surface area contributed by atoms with Crippen molar-refractivity contribution in [3.8, 4) is 0 Å². The molecule has 1 N–H and O–H groups in total. The lowest BCUT2D eigenvalue weighted by Crippen LogP contribution is -2.54. The third kappa shape index (κ3) is 3.46. The number of nitrogens with one attached hydrogen (secondary N) is 1. The number of nitrogens with zero attached hydrogens (tertiary/aromatic N) is 1. The van der Waals surface area contributed by atoms with Crippen LogP contribution in [0.25, 0.3) is 0 Å². The van der Waals surface area contributed by atoms with Crippen LogP contribution in [0.2, 0.25) is 0 Å². The minimum Gasteiger partial charge on any atom is -0.414 e. The number of rotatable bonds is 4. The standard InChI is InChI=1S/C17H28N2O3/c1-3-13-12-19-10-7-14(13)11-15(19)21-16(20)22-18-17(2)8-5-4-6-9-17/h3,13-15,18H,1,4-12H2,2H3/t13-,14-,15-/m0/s1. The first-order valence-electron chi connectivity index (χ1n) is 8.61. The smallest absolute Gasteiger partial charge is 0.414 e. The van der Waals surface area contributed by atoms with Crippen LogP contribution in [0.1, 0.15) is 51.9 Å². The molecule has 4 aliphatic rings. The van der Waals surface area contributed by atoms with Gasteiger partial charge in [-0.25, -0.2) is 4.79 Å². The summed E-state index contributed by atoms with van der Waals surface area (Å²) in [5.74, 6) is 1.12.